The van der Waals surface area contributed by atoms with E-state index in [0.29, 0.717) is 10.7 Å². The summed E-state index contributed by atoms with van der Waals surface area (Å²) in [6, 6.07) is 8.22. The van der Waals surface area contributed by atoms with E-state index in [-0.39, 0.29) is 0 Å². The van der Waals surface area contributed by atoms with Crippen molar-refractivity contribution in [2.45, 2.75) is 0 Å². The van der Waals surface area contributed by atoms with Gasteiger partial charge in [0.25, 0.3) is 0 Å². The average Bonchev–Trinajstić information content (AvgIpc) is 2.17. The first-order chi connectivity index (χ1) is 6.15. The first-order valence-electron chi connectivity index (χ1n) is 3.58. The van der Waals surface area contributed by atoms with E-state index < -0.39 is 5.91 Å². The fraction of sp³-hybridized carbons (Fsp3) is 0.111. The van der Waals surface area contributed by atoms with Gasteiger partial charge in [-0.3, -0.25) is 4.79 Å². The normalized spacial score (nSPS) is 9.00. The van der Waals surface area contributed by atoms with Crippen LogP contribution in [0.3, 0.4) is 0 Å². The van der Waals surface area contributed by atoms with Gasteiger partial charge in [0, 0.05) is 17.8 Å². The number of nitriles is 1. The molecule has 0 saturated heterocycles. The van der Waals surface area contributed by atoms with E-state index >= 15 is 0 Å². The number of nitrogens with zero attached hydrogens (tertiary/aromatic N) is 2. The molecule has 0 aromatic heterocycles. The number of hydrogen-bond donors (Lipinski definition) is 0. The fourth-order valence-corrected chi connectivity index (χ4v) is 0.983. The van der Waals surface area contributed by atoms with Crippen LogP contribution in [0, 0.1) is 11.3 Å². The van der Waals surface area contributed by atoms with Crippen LogP contribution in [-0.2, 0) is 4.79 Å². The summed E-state index contributed by atoms with van der Waals surface area (Å²) in [6.07, 6.45) is 0. The standard InChI is InChI=1S/C9H7ClN2O/c1-12(9(13)6-11)8-4-2-7(10)3-5-8/h2-5H,1H3. The van der Waals surface area contributed by atoms with Gasteiger partial charge < -0.3 is 4.90 Å². The van der Waals surface area contributed by atoms with Crippen molar-refractivity contribution in [1.82, 2.24) is 0 Å². The van der Waals surface area contributed by atoms with Crippen molar-refractivity contribution < 1.29 is 4.79 Å². The zero-order valence-electron chi connectivity index (χ0n) is 6.99. The highest BCUT2D eigenvalue weighted by atomic mass is 35.5. The summed E-state index contributed by atoms with van der Waals surface area (Å²) in [4.78, 5) is 12.2. The molecule has 3 nitrogen and oxygen atoms in total. The highest BCUT2D eigenvalue weighted by Gasteiger charge is 2.08. The Morgan fingerprint density at radius 1 is 1.46 bits per heavy atom. The molecule has 4 heteroatoms. The van der Waals surface area contributed by atoms with Crippen LogP contribution in [-0.4, -0.2) is 13.0 Å². The third-order valence-corrected chi connectivity index (χ3v) is 1.87. The summed E-state index contributed by atoms with van der Waals surface area (Å²) in [5, 5.41) is 8.95. The number of carbonyl (C=O) groups is 1. The number of anilines is 1. The van der Waals surface area contributed by atoms with Crippen LogP contribution in [0.25, 0.3) is 0 Å². The van der Waals surface area contributed by atoms with Crippen LogP contribution in [0.15, 0.2) is 24.3 Å². The Labute approximate surface area is 81.1 Å². The topological polar surface area (TPSA) is 44.1 Å². The van der Waals surface area contributed by atoms with Gasteiger partial charge in [-0.15, -0.1) is 0 Å². The van der Waals surface area contributed by atoms with Crippen molar-refractivity contribution in [1.29, 1.82) is 5.26 Å². The summed E-state index contributed by atoms with van der Waals surface area (Å²) >= 11 is 5.66. The molecule has 0 bridgehead atoms. The molecular weight excluding hydrogens is 188 g/mol. The van der Waals surface area contributed by atoms with E-state index in [2.05, 4.69) is 0 Å². The molecule has 1 amide bonds. The van der Waals surface area contributed by atoms with Gasteiger partial charge >= 0.3 is 5.91 Å². The average molecular weight is 195 g/mol. The van der Waals surface area contributed by atoms with Crippen molar-refractivity contribution in [3.05, 3.63) is 29.3 Å². The quantitative estimate of drug-likeness (QED) is 0.641. The Bertz CT molecular complexity index is 353. The summed E-state index contributed by atoms with van der Waals surface area (Å²) in [5.41, 5.74) is 0.649. The summed E-state index contributed by atoms with van der Waals surface area (Å²) in [5.74, 6) is -0.595. The predicted molar refractivity (Wildman–Crippen MR) is 50.5 cm³/mol. The number of hydrogen-bond acceptors (Lipinski definition) is 2. The molecule has 0 atom stereocenters. The summed E-state index contributed by atoms with van der Waals surface area (Å²) in [7, 11) is 1.54. The van der Waals surface area contributed by atoms with Crippen molar-refractivity contribution in [3.63, 3.8) is 0 Å². The first-order valence-corrected chi connectivity index (χ1v) is 3.96. The van der Waals surface area contributed by atoms with Crippen LogP contribution >= 0.6 is 11.6 Å². The predicted octanol–water partition coefficient (Wildman–Crippen LogP) is 1.83. The Balaban J connectivity index is 2.91. The summed E-state index contributed by atoms with van der Waals surface area (Å²) < 4.78 is 0. The minimum absolute atomic E-state index is 0.595. The Kier molecular flexibility index (Phi) is 2.88. The zero-order chi connectivity index (χ0) is 9.84. The van der Waals surface area contributed by atoms with E-state index in [9.17, 15) is 4.79 Å². The molecule has 1 aromatic rings. The van der Waals surface area contributed by atoms with Crippen LogP contribution in [0.5, 0.6) is 0 Å². The lowest BCUT2D eigenvalue weighted by Gasteiger charge is -2.12. The number of benzene rings is 1. The maximum atomic E-state index is 10.9. The monoisotopic (exact) mass is 194 g/mol. The van der Waals surface area contributed by atoms with Gasteiger partial charge in [-0.2, -0.15) is 5.26 Å². The molecule has 0 aliphatic rings. The maximum absolute atomic E-state index is 10.9. The highest BCUT2D eigenvalue weighted by Crippen LogP contribution is 2.16. The molecule has 0 N–H and O–H groups in total. The number of rotatable bonds is 1. The third kappa shape index (κ3) is 2.20. The minimum Gasteiger partial charge on any atom is -0.303 e. The van der Waals surface area contributed by atoms with Gasteiger partial charge in [-0.05, 0) is 24.3 Å². The molecule has 0 unspecified atom stereocenters. The second kappa shape index (κ2) is 3.92. The Hall–Kier alpha value is -1.53. The highest BCUT2D eigenvalue weighted by molar-refractivity contribution is 6.30. The Morgan fingerprint density at radius 3 is 2.46 bits per heavy atom. The SMILES string of the molecule is CN(C(=O)C#N)c1ccc(Cl)cc1. The van der Waals surface area contributed by atoms with Crippen LogP contribution in [0.4, 0.5) is 5.69 Å². The molecule has 0 spiro atoms. The molecular formula is C9H7ClN2O. The van der Waals surface area contributed by atoms with E-state index in [1.165, 1.54) is 18.0 Å². The molecule has 0 fully saturated rings. The molecule has 1 aromatic carbocycles. The molecule has 1 rings (SSSR count). The fourth-order valence-electron chi connectivity index (χ4n) is 0.857. The van der Waals surface area contributed by atoms with Gasteiger partial charge in [0.15, 0.2) is 6.07 Å². The van der Waals surface area contributed by atoms with Gasteiger partial charge in [-0.1, -0.05) is 11.6 Å². The maximum Gasteiger partial charge on any atom is 0.329 e. The van der Waals surface area contributed by atoms with Gasteiger partial charge in [0.1, 0.15) is 0 Å². The van der Waals surface area contributed by atoms with E-state index in [4.69, 9.17) is 16.9 Å². The molecule has 66 valence electrons. The molecule has 0 saturated carbocycles. The van der Waals surface area contributed by atoms with Crippen molar-refractivity contribution in [3.8, 4) is 6.07 Å². The van der Waals surface area contributed by atoms with Crippen molar-refractivity contribution in [2.75, 3.05) is 11.9 Å². The van der Waals surface area contributed by atoms with Crippen LogP contribution < -0.4 is 4.90 Å². The van der Waals surface area contributed by atoms with Crippen molar-refractivity contribution >= 4 is 23.2 Å². The second-order valence-electron chi connectivity index (χ2n) is 2.45. The molecule has 0 aliphatic carbocycles. The van der Waals surface area contributed by atoms with Crippen LogP contribution in [0.1, 0.15) is 0 Å². The number of amides is 1. The summed E-state index contributed by atoms with van der Waals surface area (Å²) in [6.45, 7) is 0. The third-order valence-electron chi connectivity index (χ3n) is 1.61. The molecule has 13 heavy (non-hydrogen) atoms. The Morgan fingerprint density at radius 2 is 2.00 bits per heavy atom. The van der Waals surface area contributed by atoms with E-state index in [1.54, 1.807) is 24.3 Å². The van der Waals surface area contributed by atoms with E-state index in [0.717, 1.165) is 0 Å². The lowest BCUT2D eigenvalue weighted by atomic mass is 10.3. The first kappa shape index (κ1) is 9.56. The molecule has 0 aliphatic heterocycles. The van der Waals surface area contributed by atoms with Crippen LogP contribution in [0.2, 0.25) is 5.02 Å². The van der Waals surface area contributed by atoms with Gasteiger partial charge in [0.2, 0.25) is 0 Å². The lowest BCUT2D eigenvalue weighted by molar-refractivity contribution is -0.113. The second-order valence-corrected chi connectivity index (χ2v) is 2.89. The number of halogens is 1. The number of carbonyl (C=O) groups excluding carboxylic acids is 1. The molecule has 0 heterocycles. The smallest absolute Gasteiger partial charge is 0.303 e. The lowest BCUT2D eigenvalue weighted by Crippen LogP contribution is -2.23. The van der Waals surface area contributed by atoms with Crippen molar-refractivity contribution in [2.24, 2.45) is 0 Å². The minimum atomic E-state index is -0.595. The van der Waals surface area contributed by atoms with Gasteiger partial charge in [0.05, 0.1) is 0 Å². The molecule has 0 radical (unpaired) electrons. The van der Waals surface area contributed by atoms with E-state index in [1.807, 2.05) is 0 Å². The van der Waals surface area contributed by atoms with Gasteiger partial charge in [-0.25, -0.2) is 0 Å². The largest absolute Gasteiger partial charge is 0.329 e. The zero-order valence-corrected chi connectivity index (χ0v) is 7.75.